The number of hydrogen-bond acceptors (Lipinski definition) is 6. The zero-order valence-electron chi connectivity index (χ0n) is 13.3. The van der Waals surface area contributed by atoms with E-state index in [4.69, 9.17) is 4.74 Å². The highest BCUT2D eigenvalue weighted by Crippen LogP contribution is 2.25. The van der Waals surface area contributed by atoms with Crippen LogP contribution in [-0.2, 0) is 11.3 Å². The third-order valence-electron chi connectivity index (χ3n) is 3.97. The molecule has 7 nitrogen and oxygen atoms in total. The van der Waals surface area contributed by atoms with Gasteiger partial charge in [0, 0.05) is 43.2 Å². The SMILES string of the molecule is CNc1cc(C)nc(C2COCCN2Cc2cn[nH]c2C)n1. The number of anilines is 1. The van der Waals surface area contributed by atoms with E-state index in [0.717, 1.165) is 42.7 Å². The molecule has 2 N–H and O–H groups in total. The number of morpholine rings is 1. The summed E-state index contributed by atoms with van der Waals surface area (Å²) in [6.45, 7) is 7.06. The molecule has 0 amide bonds. The first-order valence-electron chi connectivity index (χ1n) is 7.51. The minimum absolute atomic E-state index is 0.0649. The average molecular weight is 302 g/mol. The van der Waals surface area contributed by atoms with Gasteiger partial charge in [0.05, 0.1) is 25.5 Å². The van der Waals surface area contributed by atoms with Crippen LogP contribution in [0.5, 0.6) is 0 Å². The molecule has 0 saturated carbocycles. The van der Waals surface area contributed by atoms with E-state index in [1.54, 1.807) is 0 Å². The lowest BCUT2D eigenvalue weighted by Crippen LogP contribution is -2.40. The molecule has 0 aliphatic carbocycles. The Kier molecular flexibility index (Phi) is 4.35. The smallest absolute Gasteiger partial charge is 0.150 e. The van der Waals surface area contributed by atoms with Crippen molar-refractivity contribution >= 4 is 5.82 Å². The lowest BCUT2D eigenvalue weighted by molar-refractivity contribution is -0.0160. The largest absolute Gasteiger partial charge is 0.378 e. The summed E-state index contributed by atoms with van der Waals surface area (Å²) in [5.41, 5.74) is 3.26. The monoisotopic (exact) mass is 302 g/mol. The van der Waals surface area contributed by atoms with E-state index < -0.39 is 0 Å². The molecule has 22 heavy (non-hydrogen) atoms. The number of aromatic amines is 1. The first-order chi connectivity index (χ1) is 10.7. The summed E-state index contributed by atoms with van der Waals surface area (Å²) in [6, 6.07) is 2.01. The van der Waals surface area contributed by atoms with Crippen molar-refractivity contribution in [2.75, 3.05) is 32.1 Å². The van der Waals surface area contributed by atoms with Crippen molar-refractivity contribution in [2.45, 2.75) is 26.4 Å². The summed E-state index contributed by atoms with van der Waals surface area (Å²) in [6.07, 6.45) is 1.89. The van der Waals surface area contributed by atoms with Crippen molar-refractivity contribution in [3.05, 3.63) is 35.0 Å². The molecular formula is C15H22N6O. The van der Waals surface area contributed by atoms with E-state index in [2.05, 4.69) is 30.4 Å². The number of rotatable bonds is 4. The van der Waals surface area contributed by atoms with E-state index in [1.807, 2.05) is 33.2 Å². The van der Waals surface area contributed by atoms with E-state index in [0.29, 0.717) is 6.61 Å². The minimum Gasteiger partial charge on any atom is -0.378 e. The molecule has 1 unspecified atom stereocenters. The molecule has 1 saturated heterocycles. The maximum absolute atomic E-state index is 5.66. The molecule has 0 aromatic carbocycles. The molecule has 0 radical (unpaired) electrons. The van der Waals surface area contributed by atoms with Crippen LogP contribution in [0.25, 0.3) is 0 Å². The van der Waals surface area contributed by atoms with E-state index in [1.165, 1.54) is 5.56 Å². The van der Waals surface area contributed by atoms with Gasteiger partial charge in [0.2, 0.25) is 0 Å². The van der Waals surface area contributed by atoms with Gasteiger partial charge in [-0.2, -0.15) is 5.10 Å². The normalized spacial score (nSPS) is 19.3. The molecule has 1 fully saturated rings. The Morgan fingerprint density at radius 1 is 1.41 bits per heavy atom. The van der Waals surface area contributed by atoms with Crippen LogP contribution in [0.4, 0.5) is 5.82 Å². The number of H-pyrrole nitrogens is 1. The zero-order chi connectivity index (χ0) is 15.5. The highest BCUT2D eigenvalue weighted by atomic mass is 16.5. The van der Waals surface area contributed by atoms with Crippen molar-refractivity contribution in [2.24, 2.45) is 0 Å². The predicted molar refractivity (Wildman–Crippen MR) is 83.6 cm³/mol. The first-order valence-corrected chi connectivity index (χ1v) is 7.51. The van der Waals surface area contributed by atoms with Crippen LogP contribution in [0.2, 0.25) is 0 Å². The van der Waals surface area contributed by atoms with Crippen molar-refractivity contribution < 1.29 is 4.74 Å². The summed E-state index contributed by atoms with van der Waals surface area (Å²) in [5.74, 6) is 1.65. The van der Waals surface area contributed by atoms with E-state index in [9.17, 15) is 0 Å². The maximum Gasteiger partial charge on any atom is 0.150 e. The topological polar surface area (TPSA) is 79.0 Å². The Bertz CT molecular complexity index is 641. The molecule has 2 aromatic heterocycles. The lowest BCUT2D eigenvalue weighted by Gasteiger charge is -2.34. The lowest BCUT2D eigenvalue weighted by atomic mass is 10.1. The second-order valence-electron chi connectivity index (χ2n) is 5.58. The molecule has 0 spiro atoms. The summed E-state index contributed by atoms with van der Waals surface area (Å²) in [5, 5.41) is 10.2. The Hall–Kier alpha value is -1.99. The quantitative estimate of drug-likeness (QED) is 0.889. The Labute approximate surface area is 130 Å². The average Bonchev–Trinajstić information content (AvgIpc) is 2.92. The van der Waals surface area contributed by atoms with Gasteiger partial charge in [-0.1, -0.05) is 0 Å². The molecule has 1 aliphatic rings. The van der Waals surface area contributed by atoms with Crippen molar-refractivity contribution in [1.82, 2.24) is 25.1 Å². The highest BCUT2D eigenvalue weighted by Gasteiger charge is 2.28. The second-order valence-corrected chi connectivity index (χ2v) is 5.58. The van der Waals surface area contributed by atoms with Crippen LogP contribution < -0.4 is 5.32 Å². The van der Waals surface area contributed by atoms with E-state index in [-0.39, 0.29) is 6.04 Å². The summed E-state index contributed by atoms with van der Waals surface area (Å²) < 4.78 is 5.66. The van der Waals surface area contributed by atoms with Crippen LogP contribution in [0.3, 0.4) is 0 Å². The number of hydrogen-bond donors (Lipinski definition) is 2. The van der Waals surface area contributed by atoms with Gasteiger partial charge >= 0.3 is 0 Å². The molecule has 0 bridgehead atoms. The van der Waals surface area contributed by atoms with Gasteiger partial charge in [-0.25, -0.2) is 9.97 Å². The third kappa shape index (κ3) is 3.10. The van der Waals surface area contributed by atoms with Crippen LogP contribution in [0.15, 0.2) is 12.3 Å². The van der Waals surface area contributed by atoms with Crippen LogP contribution in [0.1, 0.15) is 28.8 Å². The van der Waals surface area contributed by atoms with Gasteiger partial charge in [-0.3, -0.25) is 10.00 Å². The summed E-state index contributed by atoms with van der Waals surface area (Å²) >= 11 is 0. The first kappa shape index (κ1) is 14.9. The molecule has 118 valence electrons. The molecule has 3 heterocycles. The predicted octanol–water partition coefficient (Wildman–Crippen LogP) is 1.43. The molecular weight excluding hydrogens is 280 g/mol. The summed E-state index contributed by atoms with van der Waals surface area (Å²) in [7, 11) is 1.87. The van der Waals surface area contributed by atoms with Crippen molar-refractivity contribution in [3.8, 4) is 0 Å². The fraction of sp³-hybridized carbons (Fsp3) is 0.533. The Morgan fingerprint density at radius 2 is 2.27 bits per heavy atom. The molecule has 2 aromatic rings. The maximum atomic E-state index is 5.66. The molecule has 1 atom stereocenters. The zero-order valence-corrected chi connectivity index (χ0v) is 13.3. The third-order valence-corrected chi connectivity index (χ3v) is 3.97. The number of aromatic nitrogens is 4. The number of ether oxygens (including phenoxy) is 1. The second kappa shape index (κ2) is 6.41. The summed E-state index contributed by atoms with van der Waals surface area (Å²) in [4.78, 5) is 11.6. The highest BCUT2D eigenvalue weighted by molar-refractivity contribution is 5.35. The number of nitrogens with one attached hydrogen (secondary N) is 2. The fourth-order valence-corrected chi connectivity index (χ4v) is 2.69. The van der Waals surface area contributed by atoms with Gasteiger partial charge in [0.25, 0.3) is 0 Å². The van der Waals surface area contributed by atoms with Gasteiger partial charge in [0.1, 0.15) is 11.6 Å². The number of nitrogens with zero attached hydrogens (tertiary/aromatic N) is 4. The van der Waals surface area contributed by atoms with Gasteiger partial charge in [-0.15, -0.1) is 0 Å². The Morgan fingerprint density at radius 3 is 3.00 bits per heavy atom. The van der Waals surface area contributed by atoms with Crippen molar-refractivity contribution in [3.63, 3.8) is 0 Å². The Balaban J connectivity index is 1.86. The molecule has 1 aliphatic heterocycles. The standard InChI is InChI=1S/C15H22N6O/c1-10-6-14(16-3)19-15(18-10)13-9-22-5-4-21(13)8-12-7-17-20-11(12)2/h6-7,13H,4-5,8-9H2,1-3H3,(H,17,20)(H,16,18,19). The van der Waals surface area contributed by atoms with E-state index >= 15 is 0 Å². The minimum atomic E-state index is 0.0649. The molecule has 7 heteroatoms. The van der Waals surface area contributed by atoms with Gasteiger partial charge in [-0.05, 0) is 13.8 Å². The molecule has 3 rings (SSSR count). The number of aryl methyl sites for hydroxylation is 2. The van der Waals surface area contributed by atoms with Crippen LogP contribution >= 0.6 is 0 Å². The van der Waals surface area contributed by atoms with Crippen LogP contribution in [0, 0.1) is 13.8 Å². The van der Waals surface area contributed by atoms with Crippen molar-refractivity contribution in [1.29, 1.82) is 0 Å². The fourth-order valence-electron chi connectivity index (χ4n) is 2.69. The van der Waals surface area contributed by atoms with Crippen LogP contribution in [-0.4, -0.2) is 51.9 Å². The van der Waals surface area contributed by atoms with Gasteiger partial charge < -0.3 is 10.1 Å². The van der Waals surface area contributed by atoms with Gasteiger partial charge in [0.15, 0.2) is 0 Å².